The topological polar surface area (TPSA) is 37.2 Å². The molecule has 4 nitrogen and oxygen atoms in total. The Hall–Kier alpha value is -1.84. The second-order valence-corrected chi connectivity index (χ2v) is 3.66. The number of benzene rings is 1. The van der Waals surface area contributed by atoms with E-state index in [4.69, 9.17) is 4.74 Å². The van der Waals surface area contributed by atoms with Gasteiger partial charge in [-0.05, 0) is 12.5 Å². The summed E-state index contributed by atoms with van der Waals surface area (Å²) in [5.74, 6) is 1.51. The van der Waals surface area contributed by atoms with Gasteiger partial charge in [-0.3, -0.25) is 10.0 Å². The molecule has 1 heterocycles. The van der Waals surface area contributed by atoms with Gasteiger partial charge in [-0.2, -0.15) is 0 Å². The van der Waals surface area contributed by atoms with Crippen molar-refractivity contribution >= 4 is 11.7 Å². The molecule has 1 aromatic rings. The summed E-state index contributed by atoms with van der Waals surface area (Å²) >= 11 is 0. The standard InChI is InChI=1S/C12H15N3O/c1-9-13-11(10-7-5-4-6-8-10)12(16-3)14-15(9)2/h4-8,11H,1-3H3. The lowest BCUT2D eigenvalue weighted by Gasteiger charge is -2.24. The molecule has 1 aliphatic rings. The van der Waals surface area contributed by atoms with Crippen LogP contribution in [0.1, 0.15) is 18.5 Å². The molecule has 16 heavy (non-hydrogen) atoms. The minimum atomic E-state index is -0.123. The third-order valence-electron chi connectivity index (χ3n) is 2.59. The molecule has 1 aliphatic heterocycles. The normalized spacial score (nSPS) is 20.2. The molecule has 0 saturated heterocycles. The zero-order chi connectivity index (χ0) is 11.5. The maximum atomic E-state index is 5.28. The maximum absolute atomic E-state index is 5.28. The van der Waals surface area contributed by atoms with E-state index in [2.05, 4.69) is 10.1 Å². The lowest BCUT2D eigenvalue weighted by atomic mass is 10.1. The van der Waals surface area contributed by atoms with E-state index in [0.29, 0.717) is 5.90 Å². The van der Waals surface area contributed by atoms with Crippen LogP contribution in [0, 0.1) is 0 Å². The van der Waals surface area contributed by atoms with Crippen LogP contribution in [-0.2, 0) is 4.74 Å². The zero-order valence-corrected chi connectivity index (χ0v) is 9.71. The van der Waals surface area contributed by atoms with E-state index in [0.717, 1.165) is 11.4 Å². The molecule has 0 fully saturated rings. The van der Waals surface area contributed by atoms with Gasteiger partial charge in [0, 0.05) is 7.05 Å². The van der Waals surface area contributed by atoms with Crippen LogP contribution in [0.2, 0.25) is 0 Å². The highest BCUT2D eigenvalue weighted by Gasteiger charge is 2.23. The molecule has 2 rings (SSSR count). The fourth-order valence-corrected chi connectivity index (χ4v) is 1.61. The van der Waals surface area contributed by atoms with Crippen LogP contribution in [0.4, 0.5) is 0 Å². The van der Waals surface area contributed by atoms with E-state index in [1.807, 2.05) is 44.3 Å². The summed E-state index contributed by atoms with van der Waals surface area (Å²) < 4.78 is 5.28. The molecular weight excluding hydrogens is 202 g/mol. The molecule has 1 unspecified atom stereocenters. The van der Waals surface area contributed by atoms with Crippen molar-refractivity contribution in [3.05, 3.63) is 35.9 Å². The molecule has 1 aromatic carbocycles. The van der Waals surface area contributed by atoms with Crippen molar-refractivity contribution in [3.8, 4) is 0 Å². The number of hydrazone groups is 1. The predicted octanol–water partition coefficient (Wildman–Crippen LogP) is 2.05. The third-order valence-corrected chi connectivity index (χ3v) is 2.59. The first-order valence-corrected chi connectivity index (χ1v) is 5.18. The Morgan fingerprint density at radius 1 is 1.25 bits per heavy atom. The first-order chi connectivity index (χ1) is 7.72. The second-order valence-electron chi connectivity index (χ2n) is 3.66. The number of amidine groups is 1. The fourth-order valence-electron chi connectivity index (χ4n) is 1.61. The van der Waals surface area contributed by atoms with Crippen LogP contribution in [0.15, 0.2) is 40.4 Å². The summed E-state index contributed by atoms with van der Waals surface area (Å²) in [6, 6.07) is 9.90. The molecule has 0 radical (unpaired) electrons. The molecule has 0 N–H and O–H groups in total. The number of methoxy groups -OCH3 is 1. The van der Waals surface area contributed by atoms with E-state index in [1.54, 1.807) is 12.1 Å². The van der Waals surface area contributed by atoms with Crippen molar-refractivity contribution in [3.63, 3.8) is 0 Å². The quantitative estimate of drug-likeness (QED) is 0.722. The fraction of sp³-hybridized carbons (Fsp3) is 0.333. The SMILES string of the molecule is COC1=NN(C)C(C)=NC1c1ccccc1. The van der Waals surface area contributed by atoms with Gasteiger partial charge in [0.2, 0.25) is 5.90 Å². The second kappa shape index (κ2) is 4.35. The van der Waals surface area contributed by atoms with Crippen molar-refractivity contribution < 1.29 is 4.74 Å². The van der Waals surface area contributed by atoms with E-state index in [9.17, 15) is 0 Å². The van der Waals surface area contributed by atoms with Gasteiger partial charge in [0.05, 0.1) is 7.11 Å². The van der Waals surface area contributed by atoms with Gasteiger partial charge in [0.15, 0.2) is 6.04 Å². The van der Waals surface area contributed by atoms with Gasteiger partial charge < -0.3 is 4.74 Å². The van der Waals surface area contributed by atoms with Crippen molar-refractivity contribution in [2.45, 2.75) is 13.0 Å². The maximum Gasteiger partial charge on any atom is 0.236 e. The molecule has 0 aromatic heterocycles. The van der Waals surface area contributed by atoms with Gasteiger partial charge >= 0.3 is 0 Å². The van der Waals surface area contributed by atoms with Crippen LogP contribution in [0.3, 0.4) is 0 Å². The smallest absolute Gasteiger partial charge is 0.236 e. The number of nitrogens with zero attached hydrogens (tertiary/aromatic N) is 3. The predicted molar refractivity (Wildman–Crippen MR) is 64.5 cm³/mol. The third kappa shape index (κ3) is 1.91. The zero-order valence-electron chi connectivity index (χ0n) is 9.71. The first-order valence-electron chi connectivity index (χ1n) is 5.18. The van der Waals surface area contributed by atoms with Gasteiger partial charge in [0.1, 0.15) is 5.84 Å². The first kappa shape index (κ1) is 10.7. The molecule has 0 amide bonds. The molecule has 84 valence electrons. The summed E-state index contributed by atoms with van der Waals surface area (Å²) in [4.78, 5) is 4.57. The lowest BCUT2D eigenvalue weighted by Crippen LogP contribution is -2.29. The summed E-state index contributed by atoms with van der Waals surface area (Å²) in [7, 11) is 3.48. The molecule has 0 saturated carbocycles. The van der Waals surface area contributed by atoms with Crippen molar-refractivity contribution in [2.75, 3.05) is 14.2 Å². The van der Waals surface area contributed by atoms with E-state index in [1.165, 1.54) is 0 Å². The van der Waals surface area contributed by atoms with E-state index >= 15 is 0 Å². The molecule has 0 aliphatic carbocycles. The van der Waals surface area contributed by atoms with Crippen LogP contribution in [0.5, 0.6) is 0 Å². The molecule has 4 heteroatoms. The highest BCUT2D eigenvalue weighted by atomic mass is 16.5. The average Bonchev–Trinajstić information content (AvgIpc) is 2.33. The molecule has 0 spiro atoms. The summed E-state index contributed by atoms with van der Waals surface area (Å²) in [5, 5.41) is 6.06. The minimum absolute atomic E-state index is 0.123. The number of rotatable bonds is 1. The number of ether oxygens (including phenoxy) is 1. The molecule has 0 bridgehead atoms. The van der Waals surface area contributed by atoms with Gasteiger partial charge in [-0.25, -0.2) is 0 Å². The highest BCUT2D eigenvalue weighted by molar-refractivity contribution is 5.91. The Morgan fingerprint density at radius 3 is 2.56 bits per heavy atom. The Morgan fingerprint density at radius 2 is 1.94 bits per heavy atom. The Bertz CT molecular complexity index is 425. The number of hydrogen-bond donors (Lipinski definition) is 0. The lowest BCUT2D eigenvalue weighted by molar-refractivity contribution is 0.353. The number of hydrogen-bond acceptors (Lipinski definition) is 4. The monoisotopic (exact) mass is 217 g/mol. The Kier molecular flexibility index (Phi) is 2.90. The molecular formula is C12H15N3O. The van der Waals surface area contributed by atoms with Gasteiger partial charge in [-0.15, -0.1) is 5.10 Å². The Balaban J connectivity index is 2.37. The average molecular weight is 217 g/mol. The van der Waals surface area contributed by atoms with Gasteiger partial charge in [0.25, 0.3) is 0 Å². The minimum Gasteiger partial charge on any atom is -0.481 e. The molecule has 1 atom stereocenters. The van der Waals surface area contributed by atoms with Crippen molar-refractivity contribution in [2.24, 2.45) is 10.1 Å². The number of aliphatic imine (C=N–C) groups is 1. The van der Waals surface area contributed by atoms with Crippen LogP contribution >= 0.6 is 0 Å². The van der Waals surface area contributed by atoms with Crippen LogP contribution in [-0.4, -0.2) is 30.9 Å². The van der Waals surface area contributed by atoms with Crippen molar-refractivity contribution in [1.29, 1.82) is 0 Å². The summed E-state index contributed by atoms with van der Waals surface area (Å²) in [5.41, 5.74) is 1.09. The van der Waals surface area contributed by atoms with E-state index < -0.39 is 0 Å². The van der Waals surface area contributed by atoms with Crippen LogP contribution in [0.25, 0.3) is 0 Å². The van der Waals surface area contributed by atoms with Crippen molar-refractivity contribution in [1.82, 2.24) is 5.01 Å². The summed E-state index contributed by atoms with van der Waals surface area (Å²) in [6.45, 7) is 1.94. The largest absolute Gasteiger partial charge is 0.481 e. The van der Waals surface area contributed by atoms with Gasteiger partial charge in [-0.1, -0.05) is 30.3 Å². The van der Waals surface area contributed by atoms with Crippen LogP contribution < -0.4 is 0 Å². The highest BCUT2D eigenvalue weighted by Crippen LogP contribution is 2.23. The summed E-state index contributed by atoms with van der Waals surface area (Å²) in [6.07, 6.45) is 0. The van der Waals surface area contributed by atoms with E-state index in [-0.39, 0.29) is 6.04 Å². The Labute approximate surface area is 95.2 Å².